The second-order valence-electron chi connectivity index (χ2n) is 3.63. The first-order chi connectivity index (χ1) is 8.77. The van der Waals surface area contributed by atoms with Gasteiger partial charge in [0.15, 0.2) is 0 Å². The number of anilines is 1. The molecule has 0 spiro atoms. The molecule has 0 fully saturated rings. The first-order valence-electron chi connectivity index (χ1n) is 5.22. The summed E-state index contributed by atoms with van der Waals surface area (Å²) < 4.78 is 39.3. The Morgan fingerprint density at radius 3 is 2.68 bits per heavy atom. The van der Waals surface area contributed by atoms with E-state index in [0.29, 0.717) is 0 Å². The third-order valence-electron chi connectivity index (χ3n) is 2.26. The number of hydrogen-bond donors (Lipinski definition) is 3. The Morgan fingerprint density at radius 1 is 1.47 bits per heavy atom. The van der Waals surface area contributed by atoms with E-state index in [0.717, 1.165) is 12.1 Å². The zero-order valence-electron chi connectivity index (χ0n) is 10.0. The van der Waals surface area contributed by atoms with Crippen LogP contribution in [0.2, 0.25) is 0 Å². The maximum Gasteiger partial charge on any atom is 0.241 e. The van der Waals surface area contributed by atoms with Crippen LogP contribution >= 0.6 is 15.9 Å². The molecule has 1 amide bonds. The number of hydrogen-bond acceptors (Lipinski definition) is 4. The number of carbonyl (C=O) groups excluding carboxylic acids is 1. The number of amides is 1. The first-order valence-corrected chi connectivity index (χ1v) is 7.50. The minimum absolute atomic E-state index is 0.00399. The summed E-state index contributed by atoms with van der Waals surface area (Å²) in [6.45, 7) is -0.0638. The van der Waals surface area contributed by atoms with Crippen LogP contribution in [0.25, 0.3) is 0 Å². The van der Waals surface area contributed by atoms with E-state index < -0.39 is 15.8 Å². The highest BCUT2D eigenvalue weighted by molar-refractivity contribution is 9.10. The van der Waals surface area contributed by atoms with Crippen LogP contribution in [0.3, 0.4) is 0 Å². The molecule has 0 atom stereocenters. The minimum Gasteiger partial charge on any atom is -0.396 e. The molecule has 0 aromatic heterocycles. The lowest BCUT2D eigenvalue weighted by Crippen LogP contribution is -2.29. The van der Waals surface area contributed by atoms with E-state index in [9.17, 15) is 17.6 Å². The maximum atomic E-state index is 13.1. The van der Waals surface area contributed by atoms with E-state index in [2.05, 4.69) is 26.0 Å². The van der Waals surface area contributed by atoms with Crippen LogP contribution in [-0.4, -0.2) is 27.9 Å². The Labute approximate surface area is 118 Å². The molecule has 4 N–H and O–H groups in total. The monoisotopic (exact) mass is 353 g/mol. The van der Waals surface area contributed by atoms with Gasteiger partial charge in [-0.3, -0.25) is 4.79 Å². The fourth-order valence-corrected chi connectivity index (χ4v) is 3.33. The van der Waals surface area contributed by atoms with Crippen molar-refractivity contribution in [3.05, 3.63) is 22.4 Å². The molecule has 0 saturated heterocycles. The average molecular weight is 354 g/mol. The van der Waals surface area contributed by atoms with Crippen LogP contribution in [0.1, 0.15) is 6.42 Å². The highest BCUT2D eigenvalue weighted by Gasteiger charge is 2.19. The van der Waals surface area contributed by atoms with Gasteiger partial charge in [-0.2, -0.15) is 0 Å². The fourth-order valence-electron chi connectivity index (χ4n) is 1.25. The Kier molecular flexibility index (Phi) is 5.27. The van der Waals surface area contributed by atoms with Gasteiger partial charge >= 0.3 is 0 Å². The van der Waals surface area contributed by atoms with Gasteiger partial charge in [0.05, 0.1) is 10.6 Å². The molecule has 6 nitrogen and oxygen atoms in total. The van der Waals surface area contributed by atoms with Gasteiger partial charge in [0.2, 0.25) is 15.9 Å². The average Bonchev–Trinajstić information content (AvgIpc) is 2.33. The quantitative estimate of drug-likeness (QED) is 0.674. The summed E-state index contributed by atoms with van der Waals surface area (Å²) in [5.74, 6) is -1.00. The maximum absolute atomic E-state index is 13.1. The van der Waals surface area contributed by atoms with Crippen molar-refractivity contribution in [1.29, 1.82) is 0 Å². The summed E-state index contributed by atoms with van der Waals surface area (Å²) in [5.41, 5.74) is 5.06. The van der Waals surface area contributed by atoms with Crippen LogP contribution in [0, 0.1) is 5.82 Å². The Hall–Kier alpha value is -1.19. The van der Waals surface area contributed by atoms with Gasteiger partial charge in [-0.1, -0.05) is 0 Å². The largest absolute Gasteiger partial charge is 0.396 e. The predicted molar refractivity (Wildman–Crippen MR) is 72.4 cm³/mol. The summed E-state index contributed by atoms with van der Waals surface area (Å²) in [7, 11) is -2.41. The summed E-state index contributed by atoms with van der Waals surface area (Å²) >= 11 is 2.96. The highest BCUT2D eigenvalue weighted by atomic mass is 79.9. The summed E-state index contributed by atoms with van der Waals surface area (Å²) in [6, 6.07) is 1.99. The molecule has 0 bridgehead atoms. The molecule has 0 radical (unpaired) electrons. The second-order valence-corrected chi connectivity index (χ2v) is 6.21. The molecule has 0 unspecified atom stereocenters. The molecule has 1 aromatic rings. The predicted octanol–water partition coefficient (Wildman–Crippen LogP) is 0.585. The molecule has 106 valence electrons. The third kappa shape index (κ3) is 4.15. The van der Waals surface area contributed by atoms with Gasteiger partial charge in [0.25, 0.3) is 0 Å². The summed E-state index contributed by atoms with van der Waals surface area (Å²) in [4.78, 5) is 10.8. The molecule has 1 aromatic carbocycles. The van der Waals surface area contributed by atoms with Crippen molar-refractivity contribution in [3.63, 3.8) is 0 Å². The number of nitrogen functional groups attached to an aromatic ring is 1. The van der Waals surface area contributed by atoms with E-state index in [1.165, 1.54) is 7.05 Å². The zero-order chi connectivity index (χ0) is 14.6. The number of sulfonamides is 1. The molecule has 19 heavy (non-hydrogen) atoms. The molecule has 0 aliphatic carbocycles. The summed E-state index contributed by atoms with van der Waals surface area (Å²) in [5, 5.41) is 2.37. The van der Waals surface area contributed by atoms with Crippen molar-refractivity contribution in [1.82, 2.24) is 10.0 Å². The first kappa shape index (κ1) is 15.9. The zero-order valence-corrected chi connectivity index (χ0v) is 12.4. The van der Waals surface area contributed by atoms with Gasteiger partial charge in [-0.05, 0) is 28.1 Å². The fraction of sp³-hybridized carbons (Fsp3) is 0.300. The number of nitrogens with two attached hydrogens (primary N) is 1. The van der Waals surface area contributed by atoms with Crippen LogP contribution in [-0.2, 0) is 14.8 Å². The van der Waals surface area contributed by atoms with Crippen molar-refractivity contribution in [3.8, 4) is 0 Å². The van der Waals surface area contributed by atoms with Crippen LogP contribution in [0.15, 0.2) is 21.5 Å². The van der Waals surface area contributed by atoms with Crippen LogP contribution < -0.4 is 15.8 Å². The third-order valence-corrected chi connectivity index (χ3v) is 4.68. The lowest BCUT2D eigenvalue weighted by molar-refractivity contribution is -0.120. The van der Waals surface area contributed by atoms with Crippen molar-refractivity contribution in [2.45, 2.75) is 11.3 Å². The molecular formula is C10H13BrFN3O3S. The Balaban J connectivity index is 2.89. The van der Waals surface area contributed by atoms with E-state index in [-0.39, 0.29) is 33.9 Å². The van der Waals surface area contributed by atoms with Crippen molar-refractivity contribution >= 4 is 37.5 Å². The van der Waals surface area contributed by atoms with E-state index in [4.69, 9.17) is 5.73 Å². The highest BCUT2D eigenvalue weighted by Crippen LogP contribution is 2.26. The Bertz CT molecular complexity index is 592. The minimum atomic E-state index is -3.86. The SMILES string of the molecule is CNC(=O)CCNS(=O)(=O)c1cc(N)c(F)cc1Br. The number of benzene rings is 1. The smallest absolute Gasteiger partial charge is 0.241 e. The van der Waals surface area contributed by atoms with E-state index in [1.54, 1.807) is 0 Å². The van der Waals surface area contributed by atoms with Crippen LogP contribution in [0.5, 0.6) is 0 Å². The van der Waals surface area contributed by atoms with Crippen molar-refractivity contribution in [2.75, 3.05) is 19.3 Å². The van der Waals surface area contributed by atoms with Gasteiger partial charge in [0.1, 0.15) is 5.82 Å². The number of nitrogens with one attached hydrogen (secondary N) is 2. The Morgan fingerprint density at radius 2 is 2.11 bits per heavy atom. The van der Waals surface area contributed by atoms with E-state index >= 15 is 0 Å². The van der Waals surface area contributed by atoms with Crippen LogP contribution in [0.4, 0.5) is 10.1 Å². The molecule has 0 saturated carbocycles. The van der Waals surface area contributed by atoms with Crippen molar-refractivity contribution < 1.29 is 17.6 Å². The van der Waals surface area contributed by atoms with Gasteiger partial charge in [-0.15, -0.1) is 0 Å². The van der Waals surface area contributed by atoms with Crippen molar-refractivity contribution in [2.24, 2.45) is 0 Å². The molecule has 0 heterocycles. The number of halogens is 2. The van der Waals surface area contributed by atoms with E-state index in [1.807, 2.05) is 0 Å². The molecule has 0 aliphatic rings. The number of carbonyl (C=O) groups is 1. The van der Waals surface area contributed by atoms with Gasteiger partial charge < -0.3 is 11.1 Å². The topological polar surface area (TPSA) is 101 Å². The lowest BCUT2D eigenvalue weighted by Gasteiger charge is -2.09. The normalized spacial score (nSPS) is 11.3. The summed E-state index contributed by atoms with van der Waals surface area (Å²) in [6.07, 6.45) is 0.00399. The standard InChI is InChI=1S/C10H13BrFN3O3S/c1-14-10(16)2-3-15-19(17,18)9-5-8(13)7(12)4-6(9)11/h4-5,15H,2-3,13H2,1H3,(H,14,16). The molecule has 0 aliphatic heterocycles. The lowest BCUT2D eigenvalue weighted by atomic mass is 10.3. The molecular weight excluding hydrogens is 341 g/mol. The second kappa shape index (κ2) is 6.31. The molecule has 1 rings (SSSR count). The number of rotatable bonds is 5. The van der Waals surface area contributed by atoms with Gasteiger partial charge in [0, 0.05) is 24.5 Å². The van der Waals surface area contributed by atoms with Gasteiger partial charge in [-0.25, -0.2) is 17.5 Å². The molecule has 9 heteroatoms.